The van der Waals surface area contributed by atoms with Crippen LogP contribution in [0.25, 0.3) is 0 Å². The van der Waals surface area contributed by atoms with Crippen molar-refractivity contribution in [1.29, 1.82) is 0 Å². The van der Waals surface area contributed by atoms with Crippen LogP contribution in [0.3, 0.4) is 0 Å². The van der Waals surface area contributed by atoms with E-state index in [1.807, 2.05) is 36.4 Å². The Morgan fingerprint density at radius 3 is 1.75 bits per heavy atom. The maximum atomic E-state index is 12.4. The first kappa shape index (κ1) is 19.2. The number of nitrogen functional groups attached to an aromatic ring is 2. The maximum absolute atomic E-state index is 12.4. The summed E-state index contributed by atoms with van der Waals surface area (Å²) in [4.78, 5) is 24.6. The number of hydrogen-bond donors (Lipinski definition) is 3. The van der Waals surface area contributed by atoms with E-state index in [1.54, 1.807) is 36.4 Å². The van der Waals surface area contributed by atoms with E-state index in [0.717, 1.165) is 11.1 Å². The fraction of sp³-hybridized carbons (Fsp3) is 0.130. The molecule has 5 heteroatoms. The summed E-state index contributed by atoms with van der Waals surface area (Å²) in [6, 6.07) is 21.6. The normalized spacial score (nSPS) is 10.4. The first-order valence-corrected chi connectivity index (χ1v) is 9.11. The minimum atomic E-state index is -0.183. The molecule has 0 aliphatic heterocycles. The van der Waals surface area contributed by atoms with Gasteiger partial charge >= 0.3 is 0 Å². The predicted octanol–water partition coefficient (Wildman–Crippen LogP) is 3.60. The molecular formula is C23H23N3O2. The highest BCUT2D eigenvalue weighted by Crippen LogP contribution is 2.12. The van der Waals surface area contributed by atoms with E-state index in [1.165, 1.54) is 0 Å². The average Bonchev–Trinajstić information content (AvgIpc) is 2.72. The Bertz CT molecular complexity index is 866. The molecule has 3 aromatic carbocycles. The zero-order chi connectivity index (χ0) is 19.9. The van der Waals surface area contributed by atoms with Crippen LogP contribution in [-0.4, -0.2) is 11.7 Å². The number of carbonyl (C=O) groups excluding carboxylic acids is 2. The zero-order valence-corrected chi connectivity index (χ0v) is 15.5. The fourth-order valence-electron chi connectivity index (χ4n) is 2.81. The molecule has 0 atom stereocenters. The molecule has 0 fully saturated rings. The summed E-state index contributed by atoms with van der Waals surface area (Å²) in [7, 11) is 0. The van der Waals surface area contributed by atoms with Crippen LogP contribution in [0.15, 0.2) is 72.8 Å². The van der Waals surface area contributed by atoms with Crippen LogP contribution >= 0.6 is 0 Å². The first-order valence-electron chi connectivity index (χ1n) is 9.11. The largest absolute Gasteiger partial charge is 0.399 e. The summed E-state index contributed by atoms with van der Waals surface area (Å²) < 4.78 is 0. The second kappa shape index (κ2) is 8.86. The number of rotatable bonds is 7. The van der Waals surface area contributed by atoms with Crippen LogP contribution in [0.1, 0.15) is 38.3 Å². The monoisotopic (exact) mass is 373 g/mol. The summed E-state index contributed by atoms with van der Waals surface area (Å²) in [5.74, 6) is -0.136. The second-order valence-electron chi connectivity index (χ2n) is 6.67. The number of benzene rings is 3. The molecule has 0 radical (unpaired) electrons. The molecule has 0 saturated carbocycles. The van der Waals surface area contributed by atoms with Gasteiger partial charge in [-0.05, 0) is 53.9 Å². The van der Waals surface area contributed by atoms with Crippen LogP contribution in [0.2, 0.25) is 0 Å². The minimum absolute atomic E-state index is 0.0469. The molecule has 0 aliphatic rings. The van der Waals surface area contributed by atoms with Crippen molar-refractivity contribution in [2.75, 3.05) is 11.5 Å². The van der Waals surface area contributed by atoms with Crippen LogP contribution < -0.4 is 16.8 Å². The van der Waals surface area contributed by atoms with Crippen molar-refractivity contribution < 1.29 is 9.59 Å². The quantitative estimate of drug-likeness (QED) is 0.435. The lowest BCUT2D eigenvalue weighted by molar-refractivity contribution is 0.0947. The molecule has 0 unspecified atom stereocenters. The molecule has 1 amide bonds. The highest BCUT2D eigenvalue weighted by atomic mass is 16.1. The molecule has 0 saturated heterocycles. The molecule has 5 nitrogen and oxygen atoms in total. The van der Waals surface area contributed by atoms with Gasteiger partial charge in [0.15, 0.2) is 5.78 Å². The highest BCUT2D eigenvalue weighted by Gasteiger charge is 2.09. The fourth-order valence-corrected chi connectivity index (χ4v) is 2.81. The number of anilines is 2. The van der Waals surface area contributed by atoms with E-state index >= 15 is 0 Å². The van der Waals surface area contributed by atoms with Crippen molar-refractivity contribution in [2.45, 2.75) is 19.4 Å². The number of nitrogens with two attached hydrogens (primary N) is 2. The van der Waals surface area contributed by atoms with Crippen molar-refractivity contribution in [3.63, 3.8) is 0 Å². The summed E-state index contributed by atoms with van der Waals surface area (Å²) in [6.07, 6.45) is 1.07. The van der Waals surface area contributed by atoms with Gasteiger partial charge in [-0.1, -0.05) is 36.4 Å². The van der Waals surface area contributed by atoms with Crippen molar-refractivity contribution in [2.24, 2.45) is 0 Å². The van der Waals surface area contributed by atoms with Crippen molar-refractivity contribution in [1.82, 2.24) is 5.32 Å². The van der Waals surface area contributed by atoms with Crippen molar-refractivity contribution in [3.8, 4) is 0 Å². The van der Waals surface area contributed by atoms with E-state index in [2.05, 4.69) is 5.32 Å². The Morgan fingerprint density at radius 1 is 0.679 bits per heavy atom. The van der Waals surface area contributed by atoms with Crippen LogP contribution in [0.5, 0.6) is 0 Å². The van der Waals surface area contributed by atoms with Gasteiger partial charge in [-0.2, -0.15) is 0 Å². The molecule has 142 valence electrons. The summed E-state index contributed by atoms with van der Waals surface area (Å²) >= 11 is 0. The Balaban J connectivity index is 1.53. The van der Waals surface area contributed by atoms with Gasteiger partial charge in [0.05, 0.1) is 0 Å². The number of Topliss-reactive ketones (excluding diaryl/α,β-unsaturated/α-hetero) is 1. The molecule has 5 N–H and O–H groups in total. The van der Waals surface area contributed by atoms with E-state index in [4.69, 9.17) is 11.5 Å². The third-order valence-corrected chi connectivity index (χ3v) is 4.52. The van der Waals surface area contributed by atoms with Gasteiger partial charge in [0, 0.05) is 35.5 Å². The predicted molar refractivity (Wildman–Crippen MR) is 112 cm³/mol. The number of amides is 1. The molecule has 3 rings (SSSR count). The Kier molecular flexibility index (Phi) is 6.07. The third-order valence-electron chi connectivity index (χ3n) is 4.52. The SMILES string of the molecule is Nc1ccc(CCC(=O)c2ccc(C(=O)NCc3ccc(N)cc3)cc2)cc1. The maximum Gasteiger partial charge on any atom is 0.251 e. The van der Waals surface area contributed by atoms with Crippen LogP contribution in [0, 0.1) is 0 Å². The van der Waals surface area contributed by atoms with Gasteiger partial charge < -0.3 is 16.8 Å². The minimum Gasteiger partial charge on any atom is -0.399 e. The van der Waals surface area contributed by atoms with Crippen molar-refractivity contribution >= 4 is 23.1 Å². The molecule has 0 heterocycles. The topological polar surface area (TPSA) is 98.2 Å². The number of nitrogens with one attached hydrogen (secondary N) is 1. The van der Waals surface area contributed by atoms with Gasteiger partial charge in [-0.3, -0.25) is 9.59 Å². The van der Waals surface area contributed by atoms with Crippen LogP contribution in [-0.2, 0) is 13.0 Å². The smallest absolute Gasteiger partial charge is 0.251 e. The first-order chi connectivity index (χ1) is 13.5. The Labute approximate surface area is 164 Å². The lowest BCUT2D eigenvalue weighted by Crippen LogP contribution is -2.22. The third kappa shape index (κ3) is 5.20. The number of aryl methyl sites for hydroxylation is 1. The van der Waals surface area contributed by atoms with Gasteiger partial charge in [0.25, 0.3) is 5.91 Å². The average molecular weight is 373 g/mol. The molecule has 0 aromatic heterocycles. The van der Waals surface area contributed by atoms with Gasteiger partial charge in [-0.15, -0.1) is 0 Å². The molecule has 0 spiro atoms. The number of hydrogen-bond acceptors (Lipinski definition) is 4. The van der Waals surface area contributed by atoms with Crippen molar-refractivity contribution in [3.05, 3.63) is 95.1 Å². The Morgan fingerprint density at radius 2 is 1.18 bits per heavy atom. The Hall–Kier alpha value is -3.60. The lowest BCUT2D eigenvalue weighted by Gasteiger charge is -2.07. The van der Waals surface area contributed by atoms with E-state index in [0.29, 0.717) is 41.9 Å². The van der Waals surface area contributed by atoms with E-state index in [9.17, 15) is 9.59 Å². The lowest BCUT2D eigenvalue weighted by atomic mass is 10.0. The second-order valence-corrected chi connectivity index (χ2v) is 6.67. The van der Waals surface area contributed by atoms with Gasteiger partial charge in [0.1, 0.15) is 0 Å². The molecule has 28 heavy (non-hydrogen) atoms. The highest BCUT2D eigenvalue weighted by molar-refractivity contribution is 5.98. The number of carbonyl (C=O) groups is 2. The van der Waals surface area contributed by atoms with Gasteiger partial charge in [-0.25, -0.2) is 0 Å². The van der Waals surface area contributed by atoms with E-state index in [-0.39, 0.29) is 11.7 Å². The molecular weight excluding hydrogens is 350 g/mol. The molecule has 0 aliphatic carbocycles. The summed E-state index contributed by atoms with van der Waals surface area (Å²) in [6.45, 7) is 0.418. The zero-order valence-electron chi connectivity index (χ0n) is 15.5. The van der Waals surface area contributed by atoms with E-state index < -0.39 is 0 Å². The standard InChI is InChI=1S/C23H23N3O2/c24-20-10-1-16(2-11-20)5-14-22(27)18-6-8-19(9-7-18)23(28)26-15-17-3-12-21(25)13-4-17/h1-4,6-13H,5,14-15,24-25H2,(H,26,28). The molecule has 0 bridgehead atoms. The molecule has 3 aromatic rings. The summed E-state index contributed by atoms with van der Waals surface area (Å²) in [5, 5.41) is 2.86. The summed E-state index contributed by atoms with van der Waals surface area (Å²) in [5.41, 5.74) is 15.9. The van der Waals surface area contributed by atoms with Gasteiger partial charge in [0.2, 0.25) is 0 Å². The number of ketones is 1. The van der Waals surface area contributed by atoms with Crippen LogP contribution in [0.4, 0.5) is 11.4 Å².